The van der Waals surface area contributed by atoms with Crippen LogP contribution in [0.1, 0.15) is 22.8 Å². The van der Waals surface area contributed by atoms with Crippen molar-refractivity contribution in [2.45, 2.75) is 13.5 Å². The molecule has 0 bridgehead atoms. The zero-order valence-corrected chi connectivity index (χ0v) is 16.0. The quantitative estimate of drug-likeness (QED) is 0.262. The number of para-hydroxylation sites is 1. The summed E-state index contributed by atoms with van der Waals surface area (Å²) in [4.78, 5) is 17.6. The summed E-state index contributed by atoms with van der Waals surface area (Å²) in [5.74, 6) is -0.272. The zero-order chi connectivity index (χ0) is 20.2. The van der Waals surface area contributed by atoms with Crippen LogP contribution in [0.5, 0.6) is 0 Å². The molecule has 2 aromatic carbocycles. The molecule has 0 atom stereocenters. The van der Waals surface area contributed by atoms with Gasteiger partial charge in [-0.15, -0.1) is 0 Å². The third-order valence-corrected chi connectivity index (χ3v) is 4.94. The number of Topliss-reactive ketones (excluding diaryl/α,β-unsaturated/α-hetero) is 1. The second-order valence-electron chi connectivity index (χ2n) is 6.63. The molecule has 0 fully saturated rings. The monoisotopic (exact) mass is 377 g/mol. The van der Waals surface area contributed by atoms with Crippen molar-refractivity contribution in [2.24, 2.45) is 0 Å². The molecule has 4 rings (SSSR count). The van der Waals surface area contributed by atoms with Gasteiger partial charge in [-0.3, -0.25) is 9.78 Å². The van der Waals surface area contributed by atoms with Crippen LogP contribution in [0.3, 0.4) is 0 Å². The lowest BCUT2D eigenvalue weighted by molar-refractivity contribution is 0.104. The molecular formula is C25H19N3O. The summed E-state index contributed by atoms with van der Waals surface area (Å²) in [7, 11) is 0. The molecule has 0 amide bonds. The van der Waals surface area contributed by atoms with Crippen LogP contribution in [0.25, 0.3) is 28.2 Å². The average molecular weight is 377 g/mol. The highest BCUT2D eigenvalue weighted by atomic mass is 16.1. The topological polar surface area (TPSA) is 58.7 Å². The number of nitrogens with zero attached hydrogens (tertiary/aromatic N) is 3. The molecule has 0 aliphatic carbocycles. The number of pyridine rings is 1. The normalized spacial score (nSPS) is 11.4. The van der Waals surface area contributed by atoms with Crippen molar-refractivity contribution >= 4 is 22.8 Å². The molecular weight excluding hydrogens is 358 g/mol. The van der Waals surface area contributed by atoms with E-state index >= 15 is 0 Å². The molecule has 4 heteroatoms. The van der Waals surface area contributed by atoms with E-state index in [1.807, 2.05) is 54.6 Å². The summed E-state index contributed by atoms with van der Waals surface area (Å²) in [5, 5.41) is 10.6. The van der Waals surface area contributed by atoms with Crippen LogP contribution in [0.15, 0.2) is 84.7 Å². The van der Waals surface area contributed by atoms with E-state index in [0.29, 0.717) is 12.1 Å². The molecule has 0 saturated carbocycles. The molecule has 0 spiro atoms. The fourth-order valence-electron chi connectivity index (χ4n) is 3.67. The molecule has 0 N–H and O–H groups in total. The molecule has 0 aliphatic heterocycles. The van der Waals surface area contributed by atoms with Gasteiger partial charge in [0, 0.05) is 29.8 Å². The second kappa shape index (κ2) is 7.95. The summed E-state index contributed by atoms with van der Waals surface area (Å²) < 4.78 is 2.14. The summed E-state index contributed by atoms with van der Waals surface area (Å²) in [6.45, 7) is 2.78. The molecule has 29 heavy (non-hydrogen) atoms. The first kappa shape index (κ1) is 18.4. The van der Waals surface area contributed by atoms with Gasteiger partial charge in [0.25, 0.3) is 0 Å². The Bertz CT molecular complexity index is 1250. The third kappa shape index (κ3) is 3.35. The van der Waals surface area contributed by atoms with Gasteiger partial charge in [0.15, 0.2) is 0 Å². The molecule has 2 aromatic heterocycles. The third-order valence-electron chi connectivity index (χ3n) is 4.94. The van der Waals surface area contributed by atoms with Crippen molar-refractivity contribution in [2.75, 3.05) is 0 Å². The van der Waals surface area contributed by atoms with Gasteiger partial charge in [0.2, 0.25) is 5.78 Å². The highest BCUT2D eigenvalue weighted by Gasteiger charge is 2.25. The van der Waals surface area contributed by atoms with Crippen molar-refractivity contribution in [1.29, 1.82) is 5.26 Å². The maximum Gasteiger partial charge on any atom is 0.206 e. The summed E-state index contributed by atoms with van der Waals surface area (Å²) in [6, 6.07) is 23.4. The van der Waals surface area contributed by atoms with E-state index in [9.17, 15) is 10.1 Å². The van der Waals surface area contributed by atoms with Crippen LogP contribution >= 0.6 is 0 Å². The van der Waals surface area contributed by atoms with E-state index in [1.54, 1.807) is 30.6 Å². The molecule has 0 saturated heterocycles. The fraction of sp³-hybridized carbons (Fsp3) is 0.0800. The minimum Gasteiger partial charge on any atom is -0.340 e. The Hall–Kier alpha value is -3.97. The Morgan fingerprint density at radius 1 is 1.03 bits per heavy atom. The summed E-state index contributed by atoms with van der Waals surface area (Å²) in [6.07, 6.45) is 4.91. The lowest BCUT2D eigenvalue weighted by Crippen LogP contribution is -2.05. The number of allylic oxidation sites excluding steroid dienone is 1. The van der Waals surface area contributed by atoms with Crippen molar-refractivity contribution in [3.05, 3.63) is 95.8 Å². The highest BCUT2D eigenvalue weighted by Crippen LogP contribution is 2.35. The van der Waals surface area contributed by atoms with Gasteiger partial charge in [-0.1, -0.05) is 48.5 Å². The summed E-state index contributed by atoms with van der Waals surface area (Å²) >= 11 is 0. The number of carbonyl (C=O) groups is 1. The van der Waals surface area contributed by atoms with Crippen LogP contribution in [0.4, 0.5) is 0 Å². The Morgan fingerprint density at radius 2 is 1.72 bits per heavy atom. The minimum absolute atomic E-state index is 0.104. The lowest BCUT2D eigenvalue weighted by atomic mass is 9.96. The van der Waals surface area contributed by atoms with Crippen LogP contribution in [-0.4, -0.2) is 15.3 Å². The first-order valence-electron chi connectivity index (χ1n) is 9.47. The minimum atomic E-state index is -0.272. The number of carbonyl (C=O) groups excluding carboxylic acids is 1. The van der Waals surface area contributed by atoms with Crippen molar-refractivity contribution in [3.63, 3.8) is 0 Å². The molecule has 0 aliphatic rings. The number of hydrogen-bond acceptors (Lipinski definition) is 3. The van der Waals surface area contributed by atoms with Crippen LogP contribution in [-0.2, 0) is 6.54 Å². The molecule has 4 aromatic rings. The first-order valence-corrected chi connectivity index (χ1v) is 9.47. The molecule has 4 nitrogen and oxygen atoms in total. The number of ketones is 1. The van der Waals surface area contributed by atoms with E-state index in [-0.39, 0.29) is 11.4 Å². The van der Waals surface area contributed by atoms with E-state index < -0.39 is 0 Å². The van der Waals surface area contributed by atoms with Crippen LogP contribution in [0.2, 0.25) is 0 Å². The van der Waals surface area contributed by atoms with Crippen LogP contribution < -0.4 is 0 Å². The predicted molar refractivity (Wildman–Crippen MR) is 115 cm³/mol. The SMILES string of the molecule is CCn1c(-c2ccccc2)c(C(=O)/C(C#N)=C/c2ccncc2)c2ccccc21. The van der Waals surface area contributed by atoms with E-state index in [0.717, 1.165) is 27.7 Å². The van der Waals surface area contributed by atoms with Gasteiger partial charge in [-0.2, -0.15) is 5.26 Å². The number of nitriles is 1. The van der Waals surface area contributed by atoms with Gasteiger partial charge in [-0.05, 0) is 42.3 Å². The largest absolute Gasteiger partial charge is 0.340 e. The standard InChI is InChI=1S/C25H19N3O/c1-2-28-22-11-7-6-10-21(22)23(24(28)19-8-4-3-5-9-19)25(29)20(17-26)16-18-12-14-27-15-13-18/h3-16H,2H2,1H3/b20-16+. The van der Waals surface area contributed by atoms with Gasteiger partial charge >= 0.3 is 0 Å². The molecule has 0 unspecified atom stereocenters. The Balaban J connectivity index is 1.99. The first-order chi connectivity index (χ1) is 14.2. The average Bonchev–Trinajstić information content (AvgIpc) is 3.12. The maximum atomic E-state index is 13.6. The van der Waals surface area contributed by atoms with Crippen molar-refractivity contribution in [3.8, 4) is 17.3 Å². The molecule has 2 heterocycles. The summed E-state index contributed by atoms with van der Waals surface area (Å²) in [5.41, 5.74) is 4.22. The second-order valence-corrected chi connectivity index (χ2v) is 6.63. The Kier molecular flexibility index (Phi) is 5.05. The van der Waals surface area contributed by atoms with Gasteiger partial charge in [-0.25, -0.2) is 0 Å². The Labute approximate surface area is 169 Å². The van der Waals surface area contributed by atoms with Crippen LogP contribution in [0, 0.1) is 11.3 Å². The lowest BCUT2D eigenvalue weighted by Gasteiger charge is -2.10. The van der Waals surface area contributed by atoms with Gasteiger partial charge < -0.3 is 4.57 Å². The van der Waals surface area contributed by atoms with Crippen molar-refractivity contribution < 1.29 is 4.79 Å². The van der Waals surface area contributed by atoms with E-state index in [2.05, 4.69) is 22.5 Å². The number of benzene rings is 2. The van der Waals surface area contributed by atoms with Gasteiger partial charge in [0.05, 0.1) is 11.3 Å². The number of aryl methyl sites for hydroxylation is 1. The number of hydrogen-bond donors (Lipinski definition) is 0. The Morgan fingerprint density at radius 3 is 2.41 bits per heavy atom. The number of rotatable bonds is 5. The zero-order valence-electron chi connectivity index (χ0n) is 16.0. The predicted octanol–water partition coefficient (Wildman–Crippen LogP) is 5.51. The maximum absolute atomic E-state index is 13.6. The number of fused-ring (bicyclic) bond motifs is 1. The number of aromatic nitrogens is 2. The van der Waals surface area contributed by atoms with Crippen molar-refractivity contribution in [1.82, 2.24) is 9.55 Å². The highest BCUT2D eigenvalue weighted by molar-refractivity contribution is 6.23. The fourth-order valence-corrected chi connectivity index (χ4v) is 3.67. The molecule has 0 radical (unpaired) electrons. The smallest absolute Gasteiger partial charge is 0.206 e. The van der Waals surface area contributed by atoms with E-state index in [1.165, 1.54) is 0 Å². The van der Waals surface area contributed by atoms with E-state index in [4.69, 9.17) is 0 Å². The van der Waals surface area contributed by atoms with Gasteiger partial charge in [0.1, 0.15) is 11.6 Å². The molecule has 140 valence electrons.